The van der Waals surface area contributed by atoms with Gasteiger partial charge in [0.1, 0.15) is 18.0 Å². The van der Waals surface area contributed by atoms with Crippen LogP contribution in [-0.2, 0) is 30.7 Å². The molecule has 15 heteroatoms. The van der Waals surface area contributed by atoms with Gasteiger partial charge in [0.25, 0.3) is 0 Å². The molecule has 3 aromatic rings. The summed E-state index contributed by atoms with van der Waals surface area (Å²) in [5, 5.41) is 29.0. The van der Waals surface area contributed by atoms with Gasteiger partial charge >= 0.3 is 6.09 Å². The molecule has 1 saturated carbocycles. The topological polar surface area (TPSA) is 169 Å². The number of methoxy groups -OCH3 is 1. The predicted molar refractivity (Wildman–Crippen MR) is 184 cm³/mol. The molecule has 2 aromatic carbocycles. The Morgan fingerprint density at radius 2 is 1.88 bits per heavy atom. The second-order valence-corrected chi connectivity index (χ2v) is 16.6. The van der Waals surface area contributed by atoms with Crippen molar-refractivity contribution in [1.82, 2.24) is 14.6 Å². The lowest BCUT2D eigenvalue weighted by Gasteiger charge is -2.38. The van der Waals surface area contributed by atoms with Crippen molar-refractivity contribution in [3.63, 3.8) is 0 Å². The Kier molecular flexibility index (Phi) is 11.0. The number of hydrogen-bond donors (Lipinski definition) is 4. The fraction of sp³-hybridized carbons (Fsp3) is 0.588. The van der Waals surface area contributed by atoms with Crippen LogP contribution in [0.25, 0.3) is 10.2 Å². The minimum absolute atomic E-state index is 0.0499. The molecular weight excluding hydrogens is 673 g/mol. The highest BCUT2D eigenvalue weighted by Gasteiger charge is 2.47. The molecule has 1 aromatic heterocycles. The van der Waals surface area contributed by atoms with E-state index in [0.717, 1.165) is 28.2 Å². The normalized spacial score (nSPS) is 25.3. The molecule has 0 spiro atoms. The zero-order chi connectivity index (χ0) is 34.9. The summed E-state index contributed by atoms with van der Waals surface area (Å²) in [6.07, 6.45) is -1.97. The number of sulfonamides is 1. The SMILES string of the molecule is COc1ccc(C[C@H](NC(=O)OC2C3COC(O)C(CO3)C2C)[C@H](O)CN(CC(C)C)S(=O)(=O)c2ccc3nc(NC4CC4)sc3c2)cc1. The van der Waals surface area contributed by atoms with E-state index in [2.05, 4.69) is 15.6 Å². The van der Waals surface area contributed by atoms with Crippen LogP contribution in [0.5, 0.6) is 5.75 Å². The first-order chi connectivity index (χ1) is 23.4. The molecular formula is C34H46N4O9S2. The Morgan fingerprint density at radius 1 is 1.12 bits per heavy atom. The molecule has 0 radical (unpaired) electrons. The average molecular weight is 719 g/mol. The van der Waals surface area contributed by atoms with Crippen LogP contribution < -0.4 is 15.4 Å². The Bertz CT molecular complexity index is 1700. The van der Waals surface area contributed by atoms with Crippen molar-refractivity contribution in [2.75, 3.05) is 38.7 Å². The summed E-state index contributed by atoms with van der Waals surface area (Å²) < 4.78 is 52.8. The zero-order valence-electron chi connectivity index (χ0n) is 28.2. The number of thiazole rings is 1. The van der Waals surface area contributed by atoms with Crippen LogP contribution in [0.15, 0.2) is 47.4 Å². The van der Waals surface area contributed by atoms with Crippen LogP contribution in [0.2, 0.25) is 0 Å². The smallest absolute Gasteiger partial charge is 0.407 e. The molecule has 7 atom stereocenters. The summed E-state index contributed by atoms with van der Waals surface area (Å²) in [7, 11) is -2.49. The van der Waals surface area contributed by atoms with E-state index in [1.807, 2.05) is 32.9 Å². The van der Waals surface area contributed by atoms with Crippen molar-refractivity contribution in [3.05, 3.63) is 48.0 Å². The number of aliphatic hydroxyl groups excluding tert-OH is 2. The first-order valence-electron chi connectivity index (χ1n) is 16.8. The van der Waals surface area contributed by atoms with Crippen LogP contribution in [0.4, 0.5) is 9.93 Å². The number of aliphatic hydroxyl groups is 2. The van der Waals surface area contributed by atoms with Gasteiger partial charge in [0.2, 0.25) is 10.0 Å². The van der Waals surface area contributed by atoms with E-state index in [9.17, 15) is 23.4 Å². The Hall–Kier alpha value is -3.05. The van der Waals surface area contributed by atoms with Crippen LogP contribution >= 0.6 is 11.3 Å². The number of hydrogen-bond acceptors (Lipinski definition) is 12. The molecule has 4 heterocycles. The number of carbonyl (C=O) groups excluding carboxylic acids is 1. The van der Waals surface area contributed by atoms with Gasteiger partial charge < -0.3 is 39.8 Å². The molecule has 5 unspecified atom stereocenters. The molecule has 4 fully saturated rings. The fourth-order valence-corrected chi connectivity index (χ4v) is 9.05. The Balaban J connectivity index is 1.22. The summed E-state index contributed by atoms with van der Waals surface area (Å²) in [6.45, 7) is 5.94. The minimum atomic E-state index is -4.06. The molecule has 49 heavy (non-hydrogen) atoms. The van der Waals surface area contributed by atoms with Gasteiger partial charge in [-0.2, -0.15) is 4.31 Å². The molecule has 3 saturated heterocycles. The van der Waals surface area contributed by atoms with E-state index < -0.39 is 46.8 Å². The third-order valence-corrected chi connectivity index (χ3v) is 12.1. The molecule has 4 N–H and O–H groups in total. The lowest BCUT2D eigenvalue weighted by molar-refractivity contribution is -0.144. The number of rotatable bonds is 14. The molecule has 7 rings (SSSR count). The van der Waals surface area contributed by atoms with E-state index in [0.29, 0.717) is 23.9 Å². The van der Waals surface area contributed by atoms with Crippen molar-refractivity contribution in [2.45, 2.75) is 81.6 Å². The number of amides is 1. The number of aromatic nitrogens is 1. The maximum Gasteiger partial charge on any atom is 0.407 e. The largest absolute Gasteiger partial charge is 0.497 e. The molecule has 3 aliphatic heterocycles. The number of benzene rings is 2. The zero-order valence-corrected chi connectivity index (χ0v) is 29.8. The third kappa shape index (κ3) is 8.47. The lowest BCUT2D eigenvalue weighted by Crippen LogP contribution is -2.54. The minimum Gasteiger partial charge on any atom is -0.497 e. The number of alkyl carbamates (subject to hydrolysis) is 1. The maximum absolute atomic E-state index is 14.2. The van der Waals surface area contributed by atoms with Crippen molar-refractivity contribution in [2.24, 2.45) is 17.8 Å². The van der Waals surface area contributed by atoms with E-state index in [-0.39, 0.29) is 48.8 Å². The van der Waals surface area contributed by atoms with E-state index in [1.54, 1.807) is 37.4 Å². The van der Waals surface area contributed by atoms with E-state index in [4.69, 9.17) is 18.9 Å². The molecule has 268 valence electrons. The summed E-state index contributed by atoms with van der Waals surface area (Å²) in [5.74, 6) is -0.00364. The Morgan fingerprint density at radius 3 is 2.57 bits per heavy atom. The van der Waals surface area contributed by atoms with Crippen molar-refractivity contribution >= 4 is 42.8 Å². The molecule has 4 aliphatic rings. The van der Waals surface area contributed by atoms with Gasteiger partial charge in [-0.15, -0.1) is 0 Å². The van der Waals surface area contributed by atoms with Crippen molar-refractivity contribution < 1.29 is 42.4 Å². The molecule has 1 aliphatic carbocycles. The van der Waals surface area contributed by atoms with Gasteiger partial charge in [0.15, 0.2) is 11.4 Å². The second-order valence-electron chi connectivity index (χ2n) is 13.6. The van der Waals surface area contributed by atoms with Crippen molar-refractivity contribution in [3.8, 4) is 5.75 Å². The highest BCUT2D eigenvalue weighted by atomic mass is 32.2. The monoisotopic (exact) mass is 718 g/mol. The number of ether oxygens (including phenoxy) is 4. The van der Waals surface area contributed by atoms with Gasteiger partial charge in [0.05, 0.1) is 47.6 Å². The van der Waals surface area contributed by atoms with E-state index >= 15 is 0 Å². The highest BCUT2D eigenvalue weighted by Crippen LogP contribution is 2.35. The van der Waals surface area contributed by atoms with Gasteiger partial charge in [-0.25, -0.2) is 18.2 Å². The summed E-state index contributed by atoms with van der Waals surface area (Å²) in [5.41, 5.74) is 1.50. The number of anilines is 1. The van der Waals surface area contributed by atoms with Gasteiger partial charge in [-0.3, -0.25) is 0 Å². The number of carbonyl (C=O) groups is 1. The number of nitrogens with one attached hydrogen (secondary N) is 2. The fourth-order valence-electron chi connectivity index (χ4n) is 6.35. The third-order valence-electron chi connectivity index (χ3n) is 9.35. The van der Waals surface area contributed by atoms with Crippen LogP contribution in [0, 0.1) is 17.8 Å². The molecule has 2 bridgehead atoms. The summed E-state index contributed by atoms with van der Waals surface area (Å²) in [6, 6.07) is 11.6. The van der Waals surface area contributed by atoms with Crippen molar-refractivity contribution in [1.29, 1.82) is 0 Å². The lowest BCUT2D eigenvalue weighted by atomic mass is 9.85. The first-order valence-corrected chi connectivity index (χ1v) is 19.0. The number of nitrogens with zero attached hydrogens (tertiary/aromatic N) is 2. The average Bonchev–Trinajstić information content (AvgIpc) is 3.84. The Labute approximate surface area is 291 Å². The van der Waals surface area contributed by atoms with Crippen LogP contribution in [-0.4, -0.2) is 104 Å². The second kappa shape index (κ2) is 15.1. The standard InChI is InChI=1S/C34H46N4O9S2/c1-19(2)15-38(49(42,43)24-11-12-26-30(14-24)48-33(36-26)35-22-7-8-22)16-28(39)27(13-21-5-9-23(44-4)10-6-21)37-34(41)47-31-20(3)25-17-45-29(31)18-46-32(25)40/h5-6,9-12,14,19-20,22,25,27-29,31-32,39-40H,7-8,13,15-18H2,1-4H3,(H,35,36)(H,37,41)/t20?,25?,27-,28+,29?,31?,32?/m0/s1. The maximum atomic E-state index is 14.2. The highest BCUT2D eigenvalue weighted by molar-refractivity contribution is 7.89. The van der Waals surface area contributed by atoms with Gasteiger partial charge in [0, 0.05) is 31.0 Å². The van der Waals surface area contributed by atoms with Gasteiger partial charge in [-0.1, -0.05) is 44.2 Å². The summed E-state index contributed by atoms with van der Waals surface area (Å²) in [4.78, 5) is 18.2. The molecule has 1 amide bonds. The molecule has 13 nitrogen and oxygen atoms in total. The first kappa shape index (κ1) is 35.8. The van der Waals surface area contributed by atoms with Gasteiger partial charge in [-0.05, 0) is 61.1 Å². The van der Waals surface area contributed by atoms with Crippen LogP contribution in [0.3, 0.4) is 0 Å². The van der Waals surface area contributed by atoms with Crippen LogP contribution in [0.1, 0.15) is 39.2 Å². The predicted octanol–water partition coefficient (Wildman–Crippen LogP) is 3.59. The number of fused-ring (bicyclic) bond motifs is 5. The quantitative estimate of drug-likeness (QED) is 0.192. The van der Waals surface area contributed by atoms with E-state index in [1.165, 1.54) is 15.6 Å². The summed E-state index contributed by atoms with van der Waals surface area (Å²) >= 11 is 1.42.